The molecule has 0 spiro atoms. The van der Waals surface area contributed by atoms with Crippen LogP contribution in [0, 0.1) is 6.92 Å². The maximum absolute atomic E-state index is 13.5. The molecular weight excluding hydrogens is 470 g/mol. The van der Waals surface area contributed by atoms with Crippen molar-refractivity contribution in [3.63, 3.8) is 0 Å². The molecule has 0 unspecified atom stereocenters. The Bertz CT molecular complexity index is 1490. The van der Waals surface area contributed by atoms with E-state index in [1.807, 2.05) is 66.4 Å². The van der Waals surface area contributed by atoms with E-state index in [0.29, 0.717) is 42.2 Å². The first kappa shape index (κ1) is 24.4. The Labute approximate surface area is 215 Å². The van der Waals surface area contributed by atoms with Crippen molar-refractivity contribution < 1.29 is 23.4 Å². The molecular formula is C30H29NO6. The van der Waals surface area contributed by atoms with E-state index in [1.165, 1.54) is 6.07 Å². The van der Waals surface area contributed by atoms with Gasteiger partial charge in [0.25, 0.3) is 0 Å². The number of aryl methyl sites for hydroxylation is 1. The van der Waals surface area contributed by atoms with Crippen molar-refractivity contribution in [2.75, 3.05) is 27.4 Å². The molecule has 3 aromatic carbocycles. The Balaban J connectivity index is 1.47. The topological polar surface area (TPSA) is 78.2 Å². The van der Waals surface area contributed by atoms with Crippen LogP contribution < -0.4 is 19.8 Å². The quantitative estimate of drug-likeness (QED) is 0.338. The summed E-state index contributed by atoms with van der Waals surface area (Å²) in [5.74, 6) is 1.85. The zero-order valence-corrected chi connectivity index (χ0v) is 21.2. The van der Waals surface area contributed by atoms with Gasteiger partial charge in [-0.3, -0.25) is 4.79 Å². The van der Waals surface area contributed by atoms with Gasteiger partial charge in [-0.25, -0.2) is 4.79 Å². The van der Waals surface area contributed by atoms with Gasteiger partial charge in [-0.05, 0) is 59.9 Å². The van der Waals surface area contributed by atoms with Crippen molar-refractivity contribution in [3.8, 4) is 17.2 Å². The predicted molar refractivity (Wildman–Crippen MR) is 141 cm³/mol. The van der Waals surface area contributed by atoms with Crippen molar-refractivity contribution in [1.82, 2.24) is 4.90 Å². The summed E-state index contributed by atoms with van der Waals surface area (Å²) in [5.41, 5.74) is 3.93. The van der Waals surface area contributed by atoms with Gasteiger partial charge < -0.3 is 23.5 Å². The maximum atomic E-state index is 13.5. The van der Waals surface area contributed by atoms with Gasteiger partial charge in [-0.1, -0.05) is 30.3 Å². The van der Waals surface area contributed by atoms with Crippen LogP contribution in [0.3, 0.4) is 0 Å². The zero-order valence-electron chi connectivity index (χ0n) is 21.2. The largest absolute Gasteiger partial charge is 0.493 e. The Morgan fingerprint density at radius 1 is 1.00 bits per heavy atom. The molecule has 0 fully saturated rings. The molecule has 0 saturated heterocycles. The van der Waals surface area contributed by atoms with Crippen molar-refractivity contribution in [1.29, 1.82) is 0 Å². The van der Waals surface area contributed by atoms with Crippen LogP contribution in [0.5, 0.6) is 17.2 Å². The SMILES string of the molecule is COc1cc2c(cc1OC)[C@H](COc1ccc3c(C)cc(=O)oc3c1)N(C(=O)Cc1ccccc1)CC2. The fourth-order valence-corrected chi connectivity index (χ4v) is 4.95. The summed E-state index contributed by atoms with van der Waals surface area (Å²) in [5, 5.41) is 0.853. The minimum Gasteiger partial charge on any atom is -0.493 e. The monoisotopic (exact) mass is 499 g/mol. The molecule has 37 heavy (non-hydrogen) atoms. The molecule has 0 N–H and O–H groups in total. The third-order valence-corrected chi connectivity index (χ3v) is 6.85. The van der Waals surface area contributed by atoms with Crippen molar-refractivity contribution >= 4 is 16.9 Å². The van der Waals surface area contributed by atoms with E-state index in [9.17, 15) is 9.59 Å². The van der Waals surface area contributed by atoms with Crippen molar-refractivity contribution in [2.24, 2.45) is 0 Å². The van der Waals surface area contributed by atoms with E-state index in [4.69, 9.17) is 18.6 Å². The molecule has 5 rings (SSSR count). The van der Waals surface area contributed by atoms with Gasteiger partial charge >= 0.3 is 5.63 Å². The summed E-state index contributed by atoms with van der Waals surface area (Å²) in [6.07, 6.45) is 1.01. The molecule has 0 saturated carbocycles. The molecule has 4 aromatic rings. The molecule has 7 nitrogen and oxygen atoms in total. The summed E-state index contributed by atoms with van der Waals surface area (Å²) < 4.78 is 22.7. The summed E-state index contributed by atoms with van der Waals surface area (Å²) in [6.45, 7) is 2.66. The summed E-state index contributed by atoms with van der Waals surface area (Å²) in [7, 11) is 3.21. The number of hydrogen-bond acceptors (Lipinski definition) is 6. The summed E-state index contributed by atoms with van der Waals surface area (Å²) in [4.78, 5) is 27.2. The van der Waals surface area contributed by atoms with Gasteiger partial charge in [0.2, 0.25) is 5.91 Å². The van der Waals surface area contributed by atoms with Crippen LogP contribution in [-0.4, -0.2) is 38.2 Å². The molecule has 1 aliphatic heterocycles. The van der Waals surface area contributed by atoms with Crippen LogP contribution in [0.4, 0.5) is 0 Å². The highest BCUT2D eigenvalue weighted by Crippen LogP contribution is 2.39. The third-order valence-electron chi connectivity index (χ3n) is 6.85. The molecule has 1 aliphatic rings. The average molecular weight is 500 g/mol. The molecule has 7 heteroatoms. The predicted octanol–water partition coefficient (Wildman–Crippen LogP) is 4.87. The molecule has 2 heterocycles. The molecule has 0 radical (unpaired) electrons. The maximum Gasteiger partial charge on any atom is 0.336 e. The molecule has 0 aliphatic carbocycles. The number of amides is 1. The number of ether oxygens (including phenoxy) is 3. The second-order valence-electron chi connectivity index (χ2n) is 9.14. The number of benzene rings is 3. The second-order valence-corrected chi connectivity index (χ2v) is 9.14. The van der Waals surface area contributed by atoms with E-state index in [0.717, 1.165) is 27.6 Å². The van der Waals surface area contributed by atoms with Crippen LogP contribution in [0.1, 0.15) is 28.3 Å². The fourth-order valence-electron chi connectivity index (χ4n) is 4.95. The van der Waals surface area contributed by atoms with Gasteiger partial charge in [0.15, 0.2) is 11.5 Å². The molecule has 1 amide bonds. The number of rotatable bonds is 7. The van der Waals surface area contributed by atoms with Crippen molar-refractivity contribution in [2.45, 2.75) is 25.8 Å². The molecule has 1 aromatic heterocycles. The van der Waals surface area contributed by atoms with Gasteiger partial charge in [0.1, 0.15) is 17.9 Å². The normalized spacial score (nSPS) is 14.8. The summed E-state index contributed by atoms with van der Waals surface area (Å²) in [6, 6.07) is 20.2. The van der Waals surface area contributed by atoms with E-state index in [1.54, 1.807) is 20.3 Å². The minimum absolute atomic E-state index is 0.0281. The van der Waals surface area contributed by atoms with Gasteiger partial charge in [0, 0.05) is 24.1 Å². The van der Waals surface area contributed by atoms with Crippen LogP contribution in [-0.2, 0) is 17.6 Å². The Morgan fingerprint density at radius 2 is 1.76 bits per heavy atom. The highest BCUT2D eigenvalue weighted by molar-refractivity contribution is 5.81. The fraction of sp³-hybridized carbons (Fsp3) is 0.267. The Kier molecular flexibility index (Phi) is 6.86. The van der Waals surface area contributed by atoms with Crippen LogP contribution in [0.2, 0.25) is 0 Å². The first-order valence-corrected chi connectivity index (χ1v) is 12.2. The number of fused-ring (bicyclic) bond motifs is 2. The number of hydrogen-bond donors (Lipinski definition) is 0. The number of carbonyl (C=O) groups is 1. The lowest BCUT2D eigenvalue weighted by Crippen LogP contribution is -2.43. The van der Waals surface area contributed by atoms with E-state index in [2.05, 4.69) is 0 Å². The van der Waals surface area contributed by atoms with Gasteiger partial charge in [-0.15, -0.1) is 0 Å². The lowest BCUT2D eigenvalue weighted by Gasteiger charge is -2.37. The Hall–Kier alpha value is -4.26. The first-order valence-electron chi connectivity index (χ1n) is 12.2. The average Bonchev–Trinajstić information content (AvgIpc) is 2.90. The standard InChI is InChI=1S/C30H29NO6/c1-19-13-30(33)37-26-16-22(9-10-23(19)26)36-18-25-24-17-28(35-3)27(34-2)15-21(24)11-12-31(25)29(32)14-20-7-5-4-6-8-20/h4-10,13,15-17,25H,11-12,14,18H2,1-3H3/t25-/m0/s1. The van der Waals surface area contributed by atoms with E-state index >= 15 is 0 Å². The first-order chi connectivity index (χ1) is 18.0. The lowest BCUT2D eigenvalue weighted by atomic mass is 9.91. The number of nitrogens with zero attached hydrogens (tertiary/aromatic N) is 1. The highest BCUT2D eigenvalue weighted by atomic mass is 16.5. The zero-order chi connectivity index (χ0) is 25.9. The number of methoxy groups -OCH3 is 2. The molecule has 0 bridgehead atoms. The minimum atomic E-state index is -0.401. The van der Waals surface area contributed by atoms with Gasteiger partial charge in [-0.2, -0.15) is 0 Å². The molecule has 190 valence electrons. The third kappa shape index (κ3) is 5.03. The second kappa shape index (κ2) is 10.4. The van der Waals surface area contributed by atoms with Crippen LogP contribution >= 0.6 is 0 Å². The highest BCUT2D eigenvalue weighted by Gasteiger charge is 2.33. The number of carbonyl (C=O) groups excluding carboxylic acids is 1. The lowest BCUT2D eigenvalue weighted by molar-refractivity contribution is -0.134. The van der Waals surface area contributed by atoms with Gasteiger partial charge in [0.05, 0.1) is 26.7 Å². The summed E-state index contributed by atoms with van der Waals surface area (Å²) >= 11 is 0. The Morgan fingerprint density at radius 3 is 2.51 bits per heavy atom. The van der Waals surface area contributed by atoms with Crippen molar-refractivity contribution in [3.05, 3.63) is 99.4 Å². The van der Waals surface area contributed by atoms with Crippen LogP contribution in [0.25, 0.3) is 11.0 Å². The molecule has 1 atom stereocenters. The van der Waals surface area contributed by atoms with E-state index in [-0.39, 0.29) is 18.6 Å². The van der Waals surface area contributed by atoms with E-state index < -0.39 is 5.63 Å². The smallest absolute Gasteiger partial charge is 0.336 e. The van der Waals surface area contributed by atoms with Crippen LogP contribution in [0.15, 0.2) is 75.9 Å².